The summed E-state index contributed by atoms with van der Waals surface area (Å²) in [6, 6.07) is 0.384. The predicted octanol–water partition coefficient (Wildman–Crippen LogP) is 1.78. The van der Waals surface area contributed by atoms with Crippen LogP contribution in [-0.4, -0.2) is 35.5 Å². The molecule has 15 heavy (non-hydrogen) atoms. The average molecular weight is 212 g/mol. The summed E-state index contributed by atoms with van der Waals surface area (Å²) in [5.74, 6) is 0.101. The van der Waals surface area contributed by atoms with Crippen LogP contribution in [0.1, 0.15) is 47.0 Å². The van der Waals surface area contributed by atoms with Crippen molar-refractivity contribution in [3.63, 3.8) is 0 Å². The van der Waals surface area contributed by atoms with E-state index in [1.807, 2.05) is 0 Å². The Morgan fingerprint density at radius 2 is 1.93 bits per heavy atom. The molecule has 0 aromatic carbocycles. The lowest BCUT2D eigenvalue weighted by molar-refractivity contribution is -0.119. The number of carbonyl (C=O) groups is 1. The number of carbonyl (C=O) groups excluding carboxylic acids is 1. The largest absolute Gasteiger partial charge is 0.354 e. The highest BCUT2D eigenvalue weighted by atomic mass is 16.1. The van der Waals surface area contributed by atoms with Crippen molar-refractivity contribution in [2.45, 2.75) is 58.5 Å². The van der Waals surface area contributed by atoms with Crippen LogP contribution >= 0.6 is 0 Å². The molecular formula is C12H24N2O. The van der Waals surface area contributed by atoms with Crippen LogP contribution in [0, 0.1) is 0 Å². The van der Waals surface area contributed by atoms with Crippen molar-refractivity contribution in [1.82, 2.24) is 10.2 Å². The highest BCUT2D eigenvalue weighted by Crippen LogP contribution is 2.19. The lowest BCUT2D eigenvalue weighted by Gasteiger charge is -2.34. The van der Waals surface area contributed by atoms with Crippen LogP contribution in [0.5, 0.6) is 0 Å². The molecule has 1 rings (SSSR count). The first-order chi connectivity index (χ1) is 6.89. The molecule has 0 aromatic heterocycles. The summed E-state index contributed by atoms with van der Waals surface area (Å²) < 4.78 is 0. The SMILES string of the molecule is CC(=O)NC1CCCN(C(C)(C)C)CC1. The van der Waals surface area contributed by atoms with Crippen LogP contribution in [0.25, 0.3) is 0 Å². The van der Waals surface area contributed by atoms with Gasteiger partial charge in [-0.25, -0.2) is 0 Å². The number of hydrogen-bond acceptors (Lipinski definition) is 2. The molecule has 3 heteroatoms. The van der Waals surface area contributed by atoms with Crippen LogP contribution in [0.3, 0.4) is 0 Å². The topological polar surface area (TPSA) is 32.3 Å². The van der Waals surface area contributed by atoms with Gasteiger partial charge in [0.1, 0.15) is 0 Å². The summed E-state index contributed by atoms with van der Waals surface area (Å²) in [5, 5.41) is 3.03. The van der Waals surface area contributed by atoms with Gasteiger partial charge in [0.05, 0.1) is 0 Å². The quantitative estimate of drug-likeness (QED) is 0.718. The first kappa shape index (κ1) is 12.5. The van der Waals surface area contributed by atoms with Gasteiger partial charge in [-0.05, 0) is 46.6 Å². The molecule has 1 atom stereocenters. The second-order valence-corrected chi connectivity index (χ2v) is 5.49. The molecule has 88 valence electrons. The zero-order valence-electron chi connectivity index (χ0n) is 10.5. The van der Waals surface area contributed by atoms with E-state index in [1.54, 1.807) is 6.92 Å². The Hall–Kier alpha value is -0.570. The van der Waals surface area contributed by atoms with Gasteiger partial charge >= 0.3 is 0 Å². The Balaban J connectivity index is 2.45. The molecule has 0 bridgehead atoms. The number of hydrogen-bond donors (Lipinski definition) is 1. The minimum absolute atomic E-state index is 0.101. The van der Waals surface area contributed by atoms with Gasteiger partial charge in [0.15, 0.2) is 0 Å². The second-order valence-electron chi connectivity index (χ2n) is 5.49. The molecule has 3 nitrogen and oxygen atoms in total. The van der Waals surface area contributed by atoms with Gasteiger partial charge in [-0.15, -0.1) is 0 Å². The van der Waals surface area contributed by atoms with Crippen molar-refractivity contribution in [1.29, 1.82) is 0 Å². The third-order valence-electron chi connectivity index (χ3n) is 3.08. The highest BCUT2D eigenvalue weighted by Gasteiger charge is 2.24. The summed E-state index contributed by atoms with van der Waals surface area (Å²) in [5.41, 5.74) is 0.255. The molecule has 1 unspecified atom stereocenters. The van der Waals surface area contributed by atoms with Crippen molar-refractivity contribution < 1.29 is 4.79 Å². The average Bonchev–Trinajstić information content (AvgIpc) is 2.27. The van der Waals surface area contributed by atoms with Gasteiger partial charge in [-0.1, -0.05) is 0 Å². The third-order valence-corrected chi connectivity index (χ3v) is 3.08. The summed E-state index contributed by atoms with van der Waals surface area (Å²) in [6.07, 6.45) is 3.38. The van der Waals surface area contributed by atoms with Gasteiger partial charge in [-0.3, -0.25) is 9.69 Å². The van der Waals surface area contributed by atoms with Gasteiger partial charge in [0, 0.05) is 25.0 Å². The van der Waals surface area contributed by atoms with E-state index in [4.69, 9.17) is 0 Å². The zero-order valence-corrected chi connectivity index (χ0v) is 10.5. The lowest BCUT2D eigenvalue weighted by atomic mass is 10.1. The van der Waals surface area contributed by atoms with E-state index in [2.05, 4.69) is 31.0 Å². The van der Waals surface area contributed by atoms with E-state index in [1.165, 1.54) is 6.42 Å². The molecular weight excluding hydrogens is 188 g/mol. The molecule has 0 saturated carbocycles. The maximum Gasteiger partial charge on any atom is 0.217 e. The number of nitrogens with one attached hydrogen (secondary N) is 1. The van der Waals surface area contributed by atoms with Crippen LogP contribution in [0.4, 0.5) is 0 Å². The maximum atomic E-state index is 11.0. The van der Waals surface area contributed by atoms with Gasteiger partial charge < -0.3 is 5.32 Å². The fourth-order valence-corrected chi connectivity index (χ4v) is 2.20. The summed E-state index contributed by atoms with van der Waals surface area (Å²) in [4.78, 5) is 13.5. The fraction of sp³-hybridized carbons (Fsp3) is 0.917. The summed E-state index contributed by atoms with van der Waals surface area (Å²) >= 11 is 0. The number of nitrogens with zero attached hydrogens (tertiary/aromatic N) is 1. The van der Waals surface area contributed by atoms with Crippen LogP contribution in [0.2, 0.25) is 0 Å². The van der Waals surface area contributed by atoms with Crippen LogP contribution in [0.15, 0.2) is 0 Å². The van der Waals surface area contributed by atoms with Gasteiger partial charge in [-0.2, -0.15) is 0 Å². The Kier molecular flexibility index (Phi) is 4.14. The molecule has 1 fully saturated rings. The van der Waals surface area contributed by atoms with Gasteiger partial charge in [0.2, 0.25) is 5.91 Å². The Bertz CT molecular complexity index is 220. The molecule has 1 heterocycles. The molecule has 0 spiro atoms. The van der Waals surface area contributed by atoms with Gasteiger partial charge in [0.25, 0.3) is 0 Å². The van der Waals surface area contributed by atoms with Crippen molar-refractivity contribution in [3.05, 3.63) is 0 Å². The predicted molar refractivity (Wildman–Crippen MR) is 62.8 cm³/mol. The third kappa shape index (κ3) is 4.20. The molecule has 0 aromatic rings. The number of likely N-dealkylation sites (tertiary alicyclic amines) is 1. The maximum absolute atomic E-state index is 11.0. The summed E-state index contributed by atoms with van der Waals surface area (Å²) in [6.45, 7) is 10.6. The van der Waals surface area contributed by atoms with E-state index in [0.717, 1.165) is 25.9 Å². The van der Waals surface area contributed by atoms with Crippen molar-refractivity contribution in [3.8, 4) is 0 Å². The smallest absolute Gasteiger partial charge is 0.217 e. The second kappa shape index (κ2) is 4.97. The van der Waals surface area contributed by atoms with Crippen molar-refractivity contribution >= 4 is 5.91 Å². The molecule has 1 N–H and O–H groups in total. The fourth-order valence-electron chi connectivity index (χ4n) is 2.20. The Morgan fingerprint density at radius 3 is 2.47 bits per heavy atom. The standard InChI is InChI=1S/C12H24N2O/c1-10(15)13-11-6-5-8-14(9-7-11)12(2,3)4/h11H,5-9H2,1-4H3,(H,13,15). The van der Waals surface area contributed by atoms with E-state index >= 15 is 0 Å². The molecule has 1 saturated heterocycles. The minimum atomic E-state index is 0.101. The first-order valence-corrected chi connectivity index (χ1v) is 5.92. The van der Waals surface area contributed by atoms with E-state index in [-0.39, 0.29) is 11.4 Å². The molecule has 1 amide bonds. The zero-order chi connectivity index (χ0) is 11.5. The normalized spacial score (nSPS) is 24.7. The molecule has 0 aliphatic carbocycles. The number of amides is 1. The monoisotopic (exact) mass is 212 g/mol. The summed E-state index contributed by atoms with van der Waals surface area (Å²) in [7, 11) is 0. The lowest BCUT2D eigenvalue weighted by Crippen LogP contribution is -2.42. The Morgan fingerprint density at radius 1 is 1.27 bits per heavy atom. The van der Waals surface area contributed by atoms with Crippen molar-refractivity contribution in [2.75, 3.05) is 13.1 Å². The molecule has 0 radical (unpaired) electrons. The van der Waals surface area contributed by atoms with E-state index < -0.39 is 0 Å². The van der Waals surface area contributed by atoms with E-state index in [0.29, 0.717) is 6.04 Å². The van der Waals surface area contributed by atoms with Crippen molar-refractivity contribution in [2.24, 2.45) is 0 Å². The Labute approximate surface area is 93.2 Å². The van der Waals surface area contributed by atoms with E-state index in [9.17, 15) is 4.79 Å². The molecule has 1 aliphatic heterocycles. The highest BCUT2D eigenvalue weighted by molar-refractivity contribution is 5.73. The van der Waals surface area contributed by atoms with Crippen LogP contribution < -0.4 is 5.32 Å². The molecule has 1 aliphatic rings. The number of rotatable bonds is 1. The minimum Gasteiger partial charge on any atom is -0.354 e. The first-order valence-electron chi connectivity index (χ1n) is 5.92. The van der Waals surface area contributed by atoms with Crippen LogP contribution in [-0.2, 0) is 4.79 Å².